The molecule has 1 amide bonds. The minimum Gasteiger partial charge on any atom is -0.507 e. The van der Waals surface area contributed by atoms with Crippen LogP contribution in [0.1, 0.15) is 17.2 Å². The molecule has 3 aromatic carbocycles. The normalized spacial score (nSPS) is 17.9. The average Bonchev–Trinajstić information content (AvgIpc) is 3.01. The summed E-state index contributed by atoms with van der Waals surface area (Å²) in [7, 11) is 0. The van der Waals surface area contributed by atoms with Crippen molar-refractivity contribution >= 4 is 57.9 Å². The molecular formula is C23H13Cl3FNO3. The smallest absolute Gasteiger partial charge is 0.300 e. The van der Waals surface area contributed by atoms with Crippen LogP contribution in [0.5, 0.6) is 0 Å². The molecule has 31 heavy (non-hydrogen) atoms. The molecule has 1 aliphatic heterocycles. The molecule has 1 fully saturated rings. The fourth-order valence-electron chi connectivity index (χ4n) is 3.46. The third kappa shape index (κ3) is 3.92. The van der Waals surface area contributed by atoms with Crippen LogP contribution in [0.25, 0.3) is 5.76 Å². The summed E-state index contributed by atoms with van der Waals surface area (Å²) in [5.41, 5.74) is 0.941. The number of rotatable bonds is 3. The van der Waals surface area contributed by atoms with E-state index in [9.17, 15) is 19.1 Å². The number of nitrogens with zero attached hydrogens (tertiary/aromatic N) is 1. The summed E-state index contributed by atoms with van der Waals surface area (Å²) in [6.45, 7) is 0. The largest absolute Gasteiger partial charge is 0.507 e. The van der Waals surface area contributed by atoms with E-state index in [2.05, 4.69) is 0 Å². The maximum Gasteiger partial charge on any atom is 0.300 e. The monoisotopic (exact) mass is 475 g/mol. The zero-order chi connectivity index (χ0) is 22.3. The highest BCUT2D eigenvalue weighted by Gasteiger charge is 2.47. The van der Waals surface area contributed by atoms with Crippen LogP contribution in [0.3, 0.4) is 0 Å². The lowest BCUT2D eigenvalue weighted by Gasteiger charge is -2.25. The summed E-state index contributed by atoms with van der Waals surface area (Å²) in [6.07, 6.45) is 0. The topological polar surface area (TPSA) is 57.6 Å². The lowest BCUT2D eigenvalue weighted by Crippen LogP contribution is -2.29. The van der Waals surface area contributed by atoms with Gasteiger partial charge in [-0.25, -0.2) is 4.39 Å². The number of carbonyl (C=O) groups is 2. The maximum absolute atomic E-state index is 13.7. The van der Waals surface area contributed by atoms with E-state index < -0.39 is 23.5 Å². The third-order valence-electron chi connectivity index (χ3n) is 4.93. The molecule has 1 aliphatic rings. The summed E-state index contributed by atoms with van der Waals surface area (Å²) >= 11 is 17.8. The Hall–Kier alpha value is -2.86. The number of carbonyl (C=O) groups excluding carboxylic acids is 2. The van der Waals surface area contributed by atoms with E-state index in [1.165, 1.54) is 17.0 Å². The molecular weight excluding hydrogens is 464 g/mol. The van der Waals surface area contributed by atoms with E-state index in [4.69, 9.17) is 34.8 Å². The SMILES string of the molecule is O=C1C(=O)N(c2ccc(F)c(Cl)c2)C(c2ccc(Cl)cc2)/C1=C(\O)c1ccc(Cl)cc1. The van der Waals surface area contributed by atoms with Gasteiger partial charge in [0.1, 0.15) is 11.6 Å². The van der Waals surface area contributed by atoms with Crippen LogP contribution in [0.15, 0.2) is 72.3 Å². The first kappa shape index (κ1) is 21.4. The van der Waals surface area contributed by atoms with E-state index in [1.807, 2.05) is 0 Å². The number of benzene rings is 3. The van der Waals surface area contributed by atoms with Gasteiger partial charge in [0.2, 0.25) is 0 Å². The second-order valence-electron chi connectivity index (χ2n) is 6.83. The molecule has 1 N–H and O–H groups in total. The summed E-state index contributed by atoms with van der Waals surface area (Å²) in [5.74, 6) is -2.78. The van der Waals surface area contributed by atoms with Crippen molar-refractivity contribution < 1.29 is 19.1 Å². The number of aliphatic hydroxyl groups excluding tert-OH is 1. The third-order valence-corrected chi connectivity index (χ3v) is 5.72. The van der Waals surface area contributed by atoms with Crippen molar-refractivity contribution in [1.82, 2.24) is 0 Å². The highest BCUT2D eigenvalue weighted by molar-refractivity contribution is 6.52. The minimum absolute atomic E-state index is 0.116. The van der Waals surface area contributed by atoms with Crippen molar-refractivity contribution in [2.24, 2.45) is 0 Å². The van der Waals surface area contributed by atoms with E-state index in [-0.39, 0.29) is 22.0 Å². The quantitative estimate of drug-likeness (QED) is 0.270. The van der Waals surface area contributed by atoms with E-state index in [0.29, 0.717) is 21.2 Å². The number of ketones is 1. The van der Waals surface area contributed by atoms with Gasteiger partial charge in [-0.1, -0.05) is 46.9 Å². The highest BCUT2D eigenvalue weighted by atomic mass is 35.5. The molecule has 156 valence electrons. The molecule has 0 saturated carbocycles. The minimum atomic E-state index is -0.977. The number of halogens is 4. The Morgan fingerprint density at radius 1 is 0.871 bits per heavy atom. The zero-order valence-corrected chi connectivity index (χ0v) is 17.9. The van der Waals surface area contributed by atoms with Gasteiger partial charge in [-0.15, -0.1) is 0 Å². The molecule has 3 aromatic rings. The predicted molar refractivity (Wildman–Crippen MR) is 119 cm³/mol. The first-order chi connectivity index (χ1) is 14.8. The van der Waals surface area contributed by atoms with Crippen LogP contribution >= 0.6 is 34.8 Å². The Balaban J connectivity index is 1.95. The van der Waals surface area contributed by atoms with Crippen molar-refractivity contribution in [2.75, 3.05) is 4.90 Å². The van der Waals surface area contributed by atoms with E-state index in [1.54, 1.807) is 48.5 Å². The van der Waals surface area contributed by atoms with Crippen molar-refractivity contribution in [3.63, 3.8) is 0 Å². The lowest BCUT2D eigenvalue weighted by atomic mass is 9.95. The Morgan fingerprint density at radius 2 is 1.45 bits per heavy atom. The summed E-state index contributed by atoms with van der Waals surface area (Å²) in [6, 6.07) is 15.4. The van der Waals surface area contributed by atoms with Crippen molar-refractivity contribution in [3.8, 4) is 0 Å². The van der Waals surface area contributed by atoms with Gasteiger partial charge in [-0.05, 0) is 60.2 Å². The van der Waals surface area contributed by atoms with Crippen LogP contribution in [0, 0.1) is 5.82 Å². The molecule has 1 heterocycles. The first-order valence-electron chi connectivity index (χ1n) is 9.05. The van der Waals surface area contributed by atoms with Gasteiger partial charge >= 0.3 is 0 Å². The standard InChI is InChI=1S/C23H13Cl3FNO3/c24-14-5-1-12(2-6-14)20-19(21(29)13-3-7-15(25)8-4-13)22(30)23(31)28(20)16-9-10-18(27)17(26)11-16/h1-11,20,29H/b21-19+. The molecule has 0 radical (unpaired) electrons. The number of anilines is 1. The molecule has 8 heteroatoms. The second-order valence-corrected chi connectivity index (χ2v) is 8.11. The van der Waals surface area contributed by atoms with Gasteiger partial charge in [-0.3, -0.25) is 14.5 Å². The molecule has 0 aromatic heterocycles. The molecule has 1 saturated heterocycles. The Morgan fingerprint density at radius 3 is 2.03 bits per heavy atom. The maximum atomic E-state index is 13.7. The molecule has 4 rings (SSSR count). The molecule has 0 bridgehead atoms. The second kappa shape index (κ2) is 8.35. The first-order valence-corrected chi connectivity index (χ1v) is 10.2. The molecule has 1 unspecified atom stereocenters. The number of Topliss-reactive ketones (excluding diaryl/α,β-unsaturated/α-hetero) is 1. The Bertz CT molecular complexity index is 1220. The Kier molecular flexibility index (Phi) is 5.75. The van der Waals surface area contributed by atoms with E-state index in [0.717, 1.165) is 6.07 Å². The molecule has 4 nitrogen and oxygen atoms in total. The van der Waals surface area contributed by atoms with Gasteiger partial charge in [0.05, 0.1) is 16.6 Å². The number of hydrogen-bond donors (Lipinski definition) is 1. The average molecular weight is 477 g/mol. The molecule has 1 atom stereocenters. The van der Waals surface area contributed by atoms with Crippen LogP contribution < -0.4 is 4.90 Å². The van der Waals surface area contributed by atoms with Gasteiger partial charge in [0, 0.05) is 21.3 Å². The van der Waals surface area contributed by atoms with Gasteiger partial charge in [-0.2, -0.15) is 0 Å². The van der Waals surface area contributed by atoms with Crippen LogP contribution in [-0.4, -0.2) is 16.8 Å². The zero-order valence-electron chi connectivity index (χ0n) is 15.7. The summed E-state index contributed by atoms with van der Waals surface area (Å²) in [4.78, 5) is 27.2. The van der Waals surface area contributed by atoms with Crippen LogP contribution in [0.2, 0.25) is 15.1 Å². The fourth-order valence-corrected chi connectivity index (χ4v) is 3.88. The number of amides is 1. The van der Waals surface area contributed by atoms with Crippen molar-refractivity contribution in [1.29, 1.82) is 0 Å². The predicted octanol–water partition coefficient (Wildman–Crippen LogP) is 6.41. The van der Waals surface area contributed by atoms with Crippen molar-refractivity contribution in [3.05, 3.63) is 104 Å². The Labute approximate surface area is 192 Å². The lowest BCUT2D eigenvalue weighted by molar-refractivity contribution is -0.132. The summed E-state index contributed by atoms with van der Waals surface area (Å²) < 4.78 is 13.7. The number of hydrogen-bond acceptors (Lipinski definition) is 3. The van der Waals surface area contributed by atoms with Crippen molar-refractivity contribution in [2.45, 2.75) is 6.04 Å². The van der Waals surface area contributed by atoms with Gasteiger partial charge < -0.3 is 5.11 Å². The molecule has 0 aliphatic carbocycles. The highest BCUT2D eigenvalue weighted by Crippen LogP contribution is 2.43. The fraction of sp³-hybridized carbons (Fsp3) is 0.0435. The van der Waals surface area contributed by atoms with Gasteiger partial charge in [0.15, 0.2) is 0 Å². The van der Waals surface area contributed by atoms with Crippen LogP contribution in [0.4, 0.5) is 10.1 Å². The van der Waals surface area contributed by atoms with E-state index >= 15 is 0 Å². The summed E-state index contributed by atoms with van der Waals surface area (Å²) in [5, 5.41) is 11.7. The van der Waals surface area contributed by atoms with Gasteiger partial charge in [0.25, 0.3) is 11.7 Å². The van der Waals surface area contributed by atoms with Crippen LogP contribution in [-0.2, 0) is 9.59 Å². The molecule has 0 spiro atoms. The number of aliphatic hydroxyl groups is 1.